The number of thioether (sulfide) groups is 1. The number of hydrogen-bond acceptors (Lipinski definition) is 3. The van der Waals surface area contributed by atoms with E-state index in [1.54, 1.807) is 11.8 Å². The van der Waals surface area contributed by atoms with E-state index in [2.05, 4.69) is 15.1 Å². The summed E-state index contributed by atoms with van der Waals surface area (Å²) in [5, 5.41) is 3.13. The highest BCUT2D eigenvalue weighted by Gasteiger charge is 2.21. The number of H-pyrrole nitrogens is 2. The lowest BCUT2D eigenvalue weighted by Gasteiger charge is -1.95. The van der Waals surface area contributed by atoms with Gasteiger partial charge in [0.15, 0.2) is 0 Å². The summed E-state index contributed by atoms with van der Waals surface area (Å²) in [6, 6.07) is 7.75. The molecular formula is C12H10N4OS. The number of nitrogens with zero attached hydrogens (tertiary/aromatic N) is 2. The van der Waals surface area contributed by atoms with Gasteiger partial charge in [-0.25, -0.2) is 4.98 Å². The first-order valence-electron chi connectivity index (χ1n) is 5.68. The van der Waals surface area contributed by atoms with Crippen molar-refractivity contribution in [2.45, 2.75) is 11.5 Å². The van der Waals surface area contributed by atoms with Gasteiger partial charge in [0.25, 0.3) is 5.56 Å². The van der Waals surface area contributed by atoms with Crippen LogP contribution in [0.1, 0.15) is 11.3 Å². The van der Waals surface area contributed by atoms with Gasteiger partial charge in [-0.2, -0.15) is 16.4 Å². The van der Waals surface area contributed by atoms with Gasteiger partial charge in [-0.1, -0.05) is 12.1 Å². The average Bonchev–Trinajstić information content (AvgIpc) is 3.04. The maximum atomic E-state index is 12.2. The SMILES string of the molecule is O=c1c2c([nH]n1-c1nc3ccccc3[nH]1)CSC2. The van der Waals surface area contributed by atoms with Crippen molar-refractivity contribution >= 4 is 22.8 Å². The van der Waals surface area contributed by atoms with E-state index in [4.69, 9.17) is 0 Å². The van der Waals surface area contributed by atoms with E-state index in [0.717, 1.165) is 33.8 Å². The first-order valence-corrected chi connectivity index (χ1v) is 6.84. The summed E-state index contributed by atoms with van der Waals surface area (Å²) in [5.41, 5.74) is 3.70. The number of aromatic nitrogens is 4. The van der Waals surface area contributed by atoms with Gasteiger partial charge < -0.3 is 4.98 Å². The molecule has 1 aliphatic heterocycles. The highest BCUT2D eigenvalue weighted by atomic mass is 32.2. The van der Waals surface area contributed by atoms with Gasteiger partial charge in [0.05, 0.1) is 22.3 Å². The number of rotatable bonds is 1. The summed E-state index contributed by atoms with van der Waals surface area (Å²) in [6.45, 7) is 0. The topological polar surface area (TPSA) is 66.5 Å². The van der Waals surface area contributed by atoms with Crippen LogP contribution in [-0.2, 0) is 11.5 Å². The molecule has 0 atom stereocenters. The van der Waals surface area contributed by atoms with Gasteiger partial charge in [-0.15, -0.1) is 0 Å². The number of hydrogen-bond donors (Lipinski definition) is 2. The van der Waals surface area contributed by atoms with Crippen LogP contribution in [0.15, 0.2) is 29.1 Å². The fourth-order valence-corrected chi connectivity index (χ4v) is 3.28. The third-order valence-electron chi connectivity index (χ3n) is 3.15. The second kappa shape index (κ2) is 3.52. The second-order valence-corrected chi connectivity index (χ2v) is 5.27. The lowest BCUT2D eigenvalue weighted by Crippen LogP contribution is -2.18. The molecule has 0 unspecified atom stereocenters. The maximum absolute atomic E-state index is 12.2. The molecule has 2 aromatic heterocycles. The number of aromatic amines is 2. The van der Waals surface area contributed by atoms with Crippen LogP contribution in [0, 0.1) is 0 Å². The molecule has 0 radical (unpaired) electrons. The number of imidazole rings is 1. The maximum Gasteiger partial charge on any atom is 0.278 e. The molecule has 90 valence electrons. The summed E-state index contributed by atoms with van der Waals surface area (Å²) in [5.74, 6) is 2.22. The molecule has 0 aliphatic carbocycles. The van der Waals surface area contributed by atoms with Gasteiger partial charge in [0.1, 0.15) is 0 Å². The third kappa shape index (κ3) is 1.29. The molecule has 6 heteroatoms. The van der Waals surface area contributed by atoms with E-state index in [1.165, 1.54) is 4.68 Å². The molecule has 4 rings (SSSR count). The van der Waals surface area contributed by atoms with Crippen molar-refractivity contribution in [1.29, 1.82) is 0 Å². The Kier molecular flexibility index (Phi) is 1.96. The first-order chi connectivity index (χ1) is 8.83. The van der Waals surface area contributed by atoms with Crippen molar-refractivity contribution in [3.8, 4) is 5.95 Å². The van der Waals surface area contributed by atoms with Gasteiger partial charge >= 0.3 is 0 Å². The van der Waals surface area contributed by atoms with Crippen molar-refractivity contribution in [1.82, 2.24) is 19.7 Å². The van der Waals surface area contributed by atoms with Gasteiger partial charge in [-0.3, -0.25) is 9.89 Å². The summed E-state index contributed by atoms with van der Waals surface area (Å²) in [6.07, 6.45) is 0. The van der Waals surface area contributed by atoms with Crippen molar-refractivity contribution < 1.29 is 0 Å². The van der Waals surface area contributed by atoms with Crippen LogP contribution in [-0.4, -0.2) is 19.7 Å². The lowest BCUT2D eigenvalue weighted by molar-refractivity contribution is 0.788. The molecule has 2 N–H and O–H groups in total. The van der Waals surface area contributed by atoms with Gasteiger partial charge in [0.2, 0.25) is 5.95 Å². The standard InChI is InChI=1S/C12H10N4OS/c17-11-7-5-18-6-10(7)15-16(11)12-13-8-3-1-2-4-9(8)14-12/h1-4,15H,5-6H2,(H,13,14). The van der Waals surface area contributed by atoms with Crippen LogP contribution in [0.2, 0.25) is 0 Å². The van der Waals surface area contributed by atoms with Crippen molar-refractivity contribution in [2.75, 3.05) is 0 Å². The van der Waals surface area contributed by atoms with Crippen LogP contribution < -0.4 is 5.56 Å². The van der Waals surface area contributed by atoms with Crippen LogP contribution in [0.25, 0.3) is 17.0 Å². The summed E-state index contributed by atoms with van der Waals surface area (Å²) in [7, 11) is 0. The average molecular weight is 258 g/mol. The Morgan fingerprint density at radius 2 is 2.17 bits per heavy atom. The Morgan fingerprint density at radius 1 is 1.28 bits per heavy atom. The molecule has 3 aromatic rings. The molecule has 5 nitrogen and oxygen atoms in total. The van der Waals surface area contributed by atoms with Crippen molar-refractivity contribution in [3.63, 3.8) is 0 Å². The predicted octanol–water partition coefficient (Wildman–Crippen LogP) is 1.79. The normalized spacial score (nSPS) is 14.2. The van der Waals surface area contributed by atoms with Crippen LogP contribution in [0.3, 0.4) is 0 Å². The third-order valence-corrected chi connectivity index (χ3v) is 4.14. The molecule has 0 saturated carbocycles. The molecular weight excluding hydrogens is 248 g/mol. The highest BCUT2D eigenvalue weighted by Crippen LogP contribution is 2.26. The molecule has 1 aromatic carbocycles. The van der Waals surface area contributed by atoms with Crippen molar-refractivity contribution in [2.24, 2.45) is 0 Å². The fourth-order valence-electron chi connectivity index (χ4n) is 2.24. The van der Waals surface area contributed by atoms with E-state index in [9.17, 15) is 4.79 Å². The largest absolute Gasteiger partial charge is 0.322 e. The van der Waals surface area contributed by atoms with Crippen molar-refractivity contribution in [3.05, 3.63) is 45.9 Å². The zero-order valence-electron chi connectivity index (χ0n) is 9.43. The predicted molar refractivity (Wildman–Crippen MR) is 71.0 cm³/mol. The number of para-hydroxylation sites is 2. The van der Waals surface area contributed by atoms with Gasteiger partial charge in [0, 0.05) is 11.5 Å². The highest BCUT2D eigenvalue weighted by molar-refractivity contribution is 7.98. The molecule has 0 saturated heterocycles. The zero-order valence-corrected chi connectivity index (χ0v) is 10.3. The van der Waals surface area contributed by atoms with Crippen LogP contribution in [0.4, 0.5) is 0 Å². The Morgan fingerprint density at radius 3 is 3.00 bits per heavy atom. The summed E-state index contributed by atoms with van der Waals surface area (Å²) in [4.78, 5) is 19.8. The molecule has 3 heterocycles. The second-order valence-electron chi connectivity index (χ2n) is 4.28. The zero-order chi connectivity index (χ0) is 12.1. The fraction of sp³-hybridized carbons (Fsp3) is 0.167. The number of nitrogens with one attached hydrogen (secondary N) is 2. The Hall–Kier alpha value is -1.95. The lowest BCUT2D eigenvalue weighted by atomic mass is 10.3. The minimum absolute atomic E-state index is 0.00839. The Labute approximate surface area is 106 Å². The van der Waals surface area contributed by atoms with E-state index < -0.39 is 0 Å². The minimum atomic E-state index is 0.00839. The smallest absolute Gasteiger partial charge is 0.278 e. The van der Waals surface area contributed by atoms with Crippen LogP contribution >= 0.6 is 11.8 Å². The Balaban J connectivity index is 1.95. The molecule has 0 spiro atoms. The van der Waals surface area contributed by atoms with E-state index in [-0.39, 0.29) is 5.56 Å². The molecule has 18 heavy (non-hydrogen) atoms. The van der Waals surface area contributed by atoms with E-state index >= 15 is 0 Å². The minimum Gasteiger partial charge on any atom is -0.322 e. The first kappa shape index (κ1) is 10.0. The summed E-state index contributed by atoms with van der Waals surface area (Å²) < 4.78 is 1.50. The molecule has 0 amide bonds. The monoisotopic (exact) mass is 258 g/mol. The number of fused-ring (bicyclic) bond motifs is 2. The van der Waals surface area contributed by atoms with E-state index in [0.29, 0.717) is 5.95 Å². The summed E-state index contributed by atoms with van der Waals surface area (Å²) >= 11 is 1.76. The quantitative estimate of drug-likeness (QED) is 0.699. The molecule has 0 bridgehead atoms. The van der Waals surface area contributed by atoms with Gasteiger partial charge in [-0.05, 0) is 12.1 Å². The Bertz CT molecular complexity index is 765. The molecule has 1 aliphatic rings. The molecule has 0 fully saturated rings. The van der Waals surface area contributed by atoms with E-state index in [1.807, 2.05) is 24.3 Å². The van der Waals surface area contributed by atoms with Crippen LogP contribution in [0.5, 0.6) is 0 Å². The number of benzene rings is 1.